The number of likely N-dealkylation sites (tertiary alicyclic amines) is 1. The van der Waals surface area contributed by atoms with E-state index in [4.69, 9.17) is 27.9 Å². The molecule has 3 atom stereocenters. The minimum absolute atomic E-state index is 0.0941. The zero-order chi connectivity index (χ0) is 21.3. The monoisotopic (exact) mass is 441 g/mol. The first kappa shape index (κ1) is 21.5. The number of halogens is 2. The second-order valence-electron chi connectivity index (χ2n) is 7.26. The van der Waals surface area contributed by atoms with E-state index in [1.54, 1.807) is 6.92 Å². The maximum absolute atomic E-state index is 12.6. The van der Waals surface area contributed by atoms with Crippen LogP contribution in [0.25, 0.3) is 0 Å². The average molecular weight is 442 g/mol. The van der Waals surface area contributed by atoms with Crippen molar-refractivity contribution in [1.82, 2.24) is 9.88 Å². The summed E-state index contributed by atoms with van der Waals surface area (Å²) in [5.74, 6) is -2.76. The Morgan fingerprint density at radius 3 is 2.38 bits per heavy atom. The fraction of sp³-hybridized carbons (Fsp3) is 0.526. The highest BCUT2D eigenvalue weighted by Crippen LogP contribution is 2.38. The predicted molar refractivity (Wildman–Crippen MR) is 105 cm³/mol. The molecule has 1 aromatic heterocycles. The van der Waals surface area contributed by atoms with E-state index in [0.29, 0.717) is 23.6 Å². The smallest absolute Gasteiger partial charge is 0.329 e. The molecule has 0 unspecified atom stereocenters. The molecule has 156 valence electrons. The molecule has 1 aliphatic carbocycles. The van der Waals surface area contributed by atoms with Crippen molar-refractivity contribution >= 4 is 52.7 Å². The standard InChI is InChI=1S/C19H21Cl2N3O5/c1-9-13(20)7-14(21)16(22-9)23-15(25)8-29-19(28)10(2)24-17(26)11-5-3-4-6-12(11)18(24)27/h7,10-12H,3-6,8H2,1-2H3,(H,22,23,25)/t10-,11-,12+/m0/s1. The van der Waals surface area contributed by atoms with Crippen molar-refractivity contribution in [3.63, 3.8) is 0 Å². The third kappa shape index (κ3) is 4.38. The van der Waals surface area contributed by atoms with E-state index in [-0.39, 0.29) is 34.5 Å². The lowest BCUT2D eigenvalue weighted by Gasteiger charge is -2.21. The highest BCUT2D eigenvalue weighted by Gasteiger charge is 2.51. The molecule has 1 aromatic rings. The normalized spacial score (nSPS) is 22.3. The summed E-state index contributed by atoms with van der Waals surface area (Å²) < 4.78 is 5.00. The van der Waals surface area contributed by atoms with Gasteiger partial charge in [-0.1, -0.05) is 36.0 Å². The Bertz CT molecular complexity index is 852. The summed E-state index contributed by atoms with van der Waals surface area (Å²) in [6.07, 6.45) is 3.11. The number of hydrogen-bond donors (Lipinski definition) is 1. The largest absolute Gasteiger partial charge is 0.454 e. The van der Waals surface area contributed by atoms with E-state index in [1.165, 1.54) is 13.0 Å². The highest BCUT2D eigenvalue weighted by atomic mass is 35.5. The van der Waals surface area contributed by atoms with Gasteiger partial charge in [0.2, 0.25) is 11.8 Å². The molecule has 0 aromatic carbocycles. The Kier molecular flexibility index (Phi) is 6.43. The lowest BCUT2D eigenvalue weighted by atomic mass is 9.81. The number of imide groups is 1. The quantitative estimate of drug-likeness (QED) is 0.556. The first-order valence-electron chi connectivity index (χ1n) is 9.36. The molecule has 0 spiro atoms. The summed E-state index contributed by atoms with van der Waals surface area (Å²) in [4.78, 5) is 54.6. The fourth-order valence-electron chi connectivity index (χ4n) is 3.75. The molecule has 2 fully saturated rings. The maximum Gasteiger partial charge on any atom is 0.329 e. The topological polar surface area (TPSA) is 106 Å². The van der Waals surface area contributed by atoms with Crippen LogP contribution in [0, 0.1) is 18.8 Å². The zero-order valence-corrected chi connectivity index (χ0v) is 17.5. The molecule has 2 heterocycles. The Hall–Kier alpha value is -2.19. The third-order valence-electron chi connectivity index (χ3n) is 5.31. The van der Waals surface area contributed by atoms with Crippen LogP contribution in [-0.4, -0.2) is 46.2 Å². The van der Waals surface area contributed by atoms with Gasteiger partial charge in [0.05, 0.1) is 27.6 Å². The van der Waals surface area contributed by atoms with Crippen molar-refractivity contribution in [3.8, 4) is 0 Å². The summed E-state index contributed by atoms with van der Waals surface area (Å²) in [6.45, 7) is 2.47. The van der Waals surface area contributed by atoms with Crippen molar-refractivity contribution in [2.24, 2.45) is 11.8 Å². The van der Waals surface area contributed by atoms with Crippen LogP contribution in [0.4, 0.5) is 5.82 Å². The van der Waals surface area contributed by atoms with Gasteiger partial charge in [-0.15, -0.1) is 0 Å². The van der Waals surface area contributed by atoms with E-state index in [1.807, 2.05) is 0 Å². The lowest BCUT2D eigenvalue weighted by molar-refractivity contribution is -0.159. The van der Waals surface area contributed by atoms with Gasteiger partial charge in [0.1, 0.15) is 6.04 Å². The van der Waals surface area contributed by atoms with Crippen LogP contribution in [0.15, 0.2) is 6.07 Å². The van der Waals surface area contributed by atoms with E-state index in [9.17, 15) is 19.2 Å². The van der Waals surface area contributed by atoms with Crippen LogP contribution < -0.4 is 5.32 Å². The van der Waals surface area contributed by atoms with Crippen LogP contribution in [0.1, 0.15) is 38.3 Å². The number of fused-ring (bicyclic) bond motifs is 1. The number of nitrogens with one attached hydrogen (secondary N) is 1. The Labute approximate surface area is 177 Å². The van der Waals surface area contributed by atoms with Crippen LogP contribution in [0.3, 0.4) is 0 Å². The second kappa shape index (κ2) is 8.67. The summed E-state index contributed by atoms with van der Waals surface area (Å²) in [5, 5.41) is 2.93. The second-order valence-corrected chi connectivity index (χ2v) is 8.08. The maximum atomic E-state index is 12.6. The van der Waals surface area contributed by atoms with Crippen LogP contribution >= 0.6 is 23.2 Å². The van der Waals surface area contributed by atoms with E-state index >= 15 is 0 Å². The van der Waals surface area contributed by atoms with E-state index in [0.717, 1.165) is 17.7 Å². The fourth-order valence-corrected chi connectivity index (χ4v) is 4.15. The summed E-state index contributed by atoms with van der Waals surface area (Å²) in [7, 11) is 0. The lowest BCUT2D eigenvalue weighted by Crippen LogP contribution is -2.45. The van der Waals surface area contributed by atoms with Gasteiger partial charge in [-0.2, -0.15) is 0 Å². The van der Waals surface area contributed by atoms with Crippen molar-refractivity contribution in [2.45, 2.75) is 45.6 Å². The van der Waals surface area contributed by atoms with E-state index in [2.05, 4.69) is 10.3 Å². The molecular weight excluding hydrogens is 421 g/mol. The summed E-state index contributed by atoms with van der Waals surface area (Å²) in [6, 6.07) is 0.354. The van der Waals surface area contributed by atoms with Gasteiger partial charge in [0, 0.05) is 0 Å². The van der Waals surface area contributed by atoms with Gasteiger partial charge in [-0.25, -0.2) is 9.78 Å². The molecule has 0 bridgehead atoms. The van der Waals surface area contributed by atoms with Crippen LogP contribution in [-0.2, 0) is 23.9 Å². The number of nitrogens with zero attached hydrogens (tertiary/aromatic N) is 2. The summed E-state index contributed by atoms with van der Waals surface area (Å²) in [5.41, 5.74) is 0.476. The van der Waals surface area contributed by atoms with Crippen LogP contribution in [0.5, 0.6) is 0 Å². The molecule has 0 radical (unpaired) electrons. The Morgan fingerprint density at radius 1 is 1.21 bits per heavy atom. The number of esters is 1. The van der Waals surface area contributed by atoms with Gasteiger partial charge in [-0.3, -0.25) is 19.3 Å². The molecule has 10 heteroatoms. The average Bonchev–Trinajstić information content (AvgIpc) is 2.94. The number of anilines is 1. The predicted octanol–water partition coefficient (Wildman–Crippen LogP) is 2.74. The van der Waals surface area contributed by atoms with Gasteiger partial charge in [0.15, 0.2) is 12.4 Å². The summed E-state index contributed by atoms with van der Waals surface area (Å²) >= 11 is 11.9. The van der Waals surface area contributed by atoms with Gasteiger partial charge in [-0.05, 0) is 32.8 Å². The number of aromatic nitrogens is 1. The molecule has 1 N–H and O–H groups in total. The number of amides is 3. The number of aryl methyl sites for hydroxylation is 1. The first-order valence-corrected chi connectivity index (χ1v) is 10.1. The molecule has 1 saturated heterocycles. The van der Waals surface area contributed by atoms with Crippen molar-refractivity contribution in [2.75, 3.05) is 11.9 Å². The van der Waals surface area contributed by atoms with Gasteiger partial charge >= 0.3 is 5.97 Å². The molecule has 1 saturated carbocycles. The van der Waals surface area contributed by atoms with Crippen molar-refractivity contribution < 1.29 is 23.9 Å². The number of carbonyl (C=O) groups excluding carboxylic acids is 4. The molecule has 29 heavy (non-hydrogen) atoms. The van der Waals surface area contributed by atoms with Crippen molar-refractivity contribution in [3.05, 3.63) is 21.8 Å². The minimum atomic E-state index is -1.09. The van der Waals surface area contributed by atoms with Crippen LogP contribution in [0.2, 0.25) is 10.0 Å². The SMILES string of the molecule is Cc1nc(NC(=O)COC(=O)[C@H](C)N2C(=O)[C@H]3CCCC[C@H]3C2=O)c(Cl)cc1Cl. The van der Waals surface area contributed by atoms with Gasteiger partial charge in [0.25, 0.3) is 5.91 Å². The minimum Gasteiger partial charge on any atom is -0.454 e. The van der Waals surface area contributed by atoms with Crippen molar-refractivity contribution in [1.29, 1.82) is 0 Å². The third-order valence-corrected chi connectivity index (χ3v) is 5.98. The number of pyridine rings is 1. The number of rotatable bonds is 5. The molecule has 3 amide bonds. The zero-order valence-electron chi connectivity index (χ0n) is 16.0. The Balaban J connectivity index is 1.57. The molecular formula is C19H21Cl2N3O5. The number of carbonyl (C=O) groups is 4. The highest BCUT2D eigenvalue weighted by molar-refractivity contribution is 6.36. The number of ether oxygens (including phenoxy) is 1. The Morgan fingerprint density at radius 2 is 1.79 bits per heavy atom. The molecule has 3 rings (SSSR count). The first-order chi connectivity index (χ1) is 13.7. The van der Waals surface area contributed by atoms with Gasteiger partial charge < -0.3 is 10.1 Å². The molecule has 1 aliphatic heterocycles. The number of hydrogen-bond acceptors (Lipinski definition) is 6. The molecule has 8 nitrogen and oxygen atoms in total. The van der Waals surface area contributed by atoms with E-state index < -0.39 is 24.5 Å². The molecule has 2 aliphatic rings.